The van der Waals surface area contributed by atoms with E-state index >= 15 is 0 Å². The summed E-state index contributed by atoms with van der Waals surface area (Å²) in [4.78, 5) is 4.71. The zero-order valence-electron chi connectivity index (χ0n) is 11.5. The molecule has 3 heterocycles. The van der Waals surface area contributed by atoms with E-state index in [4.69, 9.17) is 9.51 Å². The highest BCUT2D eigenvalue weighted by Gasteiger charge is 2.36. The Kier molecular flexibility index (Phi) is 4.10. The zero-order valence-corrected chi connectivity index (χ0v) is 13.1. The number of rotatable bonds is 2. The van der Waals surface area contributed by atoms with E-state index in [2.05, 4.69) is 24.3 Å². The van der Waals surface area contributed by atoms with E-state index in [0.29, 0.717) is 10.5 Å². The van der Waals surface area contributed by atoms with E-state index in [1.807, 2.05) is 23.5 Å². The molecule has 2 saturated heterocycles. The standard InChI is InChI=1S/C13H21N3OS2/c1-9-10(19-8-7-18-9)11-15-12(17-16-11)13(2)5-3-4-6-14-13/h9-10,14H,3-8H2,1-2H3. The Morgan fingerprint density at radius 3 is 2.89 bits per heavy atom. The molecule has 2 aliphatic rings. The van der Waals surface area contributed by atoms with E-state index < -0.39 is 0 Å². The molecule has 19 heavy (non-hydrogen) atoms. The molecule has 0 bridgehead atoms. The molecule has 4 nitrogen and oxygen atoms in total. The van der Waals surface area contributed by atoms with Crippen LogP contribution in [0.5, 0.6) is 0 Å². The smallest absolute Gasteiger partial charge is 0.246 e. The van der Waals surface area contributed by atoms with Crippen LogP contribution in [0.25, 0.3) is 0 Å². The summed E-state index contributed by atoms with van der Waals surface area (Å²) in [6, 6.07) is 0. The summed E-state index contributed by atoms with van der Waals surface area (Å²) in [6.07, 6.45) is 3.55. The normalized spacial score (nSPS) is 36.3. The summed E-state index contributed by atoms with van der Waals surface area (Å²) >= 11 is 3.96. The number of nitrogens with zero attached hydrogens (tertiary/aromatic N) is 2. The molecule has 0 spiro atoms. The van der Waals surface area contributed by atoms with Gasteiger partial charge in [0.05, 0.1) is 10.8 Å². The Morgan fingerprint density at radius 2 is 2.16 bits per heavy atom. The van der Waals surface area contributed by atoms with E-state index in [1.165, 1.54) is 24.3 Å². The molecule has 0 saturated carbocycles. The van der Waals surface area contributed by atoms with Gasteiger partial charge in [0, 0.05) is 16.8 Å². The molecule has 3 atom stereocenters. The first-order valence-corrected chi connectivity index (χ1v) is 9.11. The van der Waals surface area contributed by atoms with Crippen LogP contribution in [0.4, 0.5) is 0 Å². The van der Waals surface area contributed by atoms with Crippen molar-refractivity contribution in [3.63, 3.8) is 0 Å². The lowest BCUT2D eigenvalue weighted by Gasteiger charge is -2.31. The van der Waals surface area contributed by atoms with Gasteiger partial charge in [-0.1, -0.05) is 12.1 Å². The first kappa shape index (κ1) is 13.8. The van der Waals surface area contributed by atoms with E-state index in [-0.39, 0.29) is 5.54 Å². The molecular formula is C13H21N3OS2. The number of hydrogen-bond donors (Lipinski definition) is 1. The quantitative estimate of drug-likeness (QED) is 0.906. The van der Waals surface area contributed by atoms with Crippen LogP contribution in [0.1, 0.15) is 50.1 Å². The van der Waals surface area contributed by atoms with Gasteiger partial charge in [-0.3, -0.25) is 0 Å². The number of piperidine rings is 1. The first-order chi connectivity index (χ1) is 9.19. The van der Waals surface area contributed by atoms with Crippen molar-refractivity contribution in [2.45, 2.75) is 49.1 Å². The molecule has 0 aromatic carbocycles. The average molecular weight is 299 g/mol. The molecule has 6 heteroatoms. The Hall–Kier alpha value is -0.200. The second kappa shape index (κ2) is 5.66. The molecule has 1 aromatic rings. The van der Waals surface area contributed by atoms with Crippen molar-refractivity contribution < 1.29 is 4.52 Å². The molecule has 2 fully saturated rings. The van der Waals surface area contributed by atoms with Crippen LogP contribution < -0.4 is 5.32 Å². The van der Waals surface area contributed by atoms with Gasteiger partial charge in [0.1, 0.15) is 0 Å². The lowest BCUT2D eigenvalue weighted by molar-refractivity contribution is 0.206. The maximum Gasteiger partial charge on any atom is 0.246 e. The third-order valence-electron chi connectivity index (χ3n) is 3.97. The summed E-state index contributed by atoms with van der Waals surface area (Å²) in [6.45, 7) is 5.48. The van der Waals surface area contributed by atoms with Crippen LogP contribution in [-0.2, 0) is 5.54 Å². The minimum absolute atomic E-state index is 0.126. The highest BCUT2D eigenvalue weighted by Crippen LogP contribution is 2.41. The van der Waals surface area contributed by atoms with Gasteiger partial charge in [-0.15, -0.1) is 11.8 Å². The van der Waals surface area contributed by atoms with Crippen LogP contribution in [0.15, 0.2) is 4.52 Å². The number of hydrogen-bond acceptors (Lipinski definition) is 6. The highest BCUT2D eigenvalue weighted by molar-refractivity contribution is 8.06. The van der Waals surface area contributed by atoms with Crippen molar-refractivity contribution in [2.24, 2.45) is 0 Å². The molecule has 3 rings (SSSR count). The molecular weight excluding hydrogens is 278 g/mol. The first-order valence-electron chi connectivity index (χ1n) is 7.01. The van der Waals surface area contributed by atoms with Crippen LogP contribution in [-0.4, -0.2) is 33.4 Å². The zero-order chi connectivity index (χ0) is 13.3. The molecule has 0 aliphatic carbocycles. The molecule has 0 amide bonds. The van der Waals surface area contributed by atoms with Crippen LogP contribution in [0.3, 0.4) is 0 Å². The van der Waals surface area contributed by atoms with Crippen molar-refractivity contribution in [1.29, 1.82) is 0 Å². The van der Waals surface area contributed by atoms with Gasteiger partial charge in [-0.25, -0.2) is 0 Å². The van der Waals surface area contributed by atoms with Crippen molar-refractivity contribution in [3.05, 3.63) is 11.7 Å². The van der Waals surface area contributed by atoms with Crippen LogP contribution >= 0.6 is 23.5 Å². The molecule has 0 radical (unpaired) electrons. The predicted molar refractivity (Wildman–Crippen MR) is 80.6 cm³/mol. The molecule has 106 valence electrons. The number of aromatic nitrogens is 2. The fraction of sp³-hybridized carbons (Fsp3) is 0.846. The maximum absolute atomic E-state index is 5.56. The van der Waals surface area contributed by atoms with E-state index in [1.54, 1.807) is 0 Å². The Morgan fingerprint density at radius 1 is 1.32 bits per heavy atom. The molecule has 1 aromatic heterocycles. The fourth-order valence-electron chi connectivity index (χ4n) is 2.73. The predicted octanol–water partition coefficient (Wildman–Crippen LogP) is 2.97. The minimum Gasteiger partial charge on any atom is -0.337 e. The van der Waals surface area contributed by atoms with E-state index in [9.17, 15) is 0 Å². The van der Waals surface area contributed by atoms with Gasteiger partial charge in [0.25, 0.3) is 0 Å². The summed E-state index contributed by atoms with van der Waals surface area (Å²) in [5, 5.41) is 8.73. The highest BCUT2D eigenvalue weighted by atomic mass is 32.2. The second-order valence-electron chi connectivity index (χ2n) is 5.54. The monoisotopic (exact) mass is 299 g/mol. The van der Waals surface area contributed by atoms with Gasteiger partial charge < -0.3 is 9.84 Å². The lowest BCUT2D eigenvalue weighted by atomic mass is 9.91. The average Bonchev–Trinajstić information content (AvgIpc) is 2.90. The maximum atomic E-state index is 5.56. The second-order valence-corrected chi connectivity index (χ2v) is 8.28. The van der Waals surface area contributed by atoms with Crippen molar-refractivity contribution in [2.75, 3.05) is 18.1 Å². The largest absolute Gasteiger partial charge is 0.337 e. The van der Waals surface area contributed by atoms with Crippen molar-refractivity contribution in [3.8, 4) is 0 Å². The SMILES string of the molecule is CC1SCCSC1c1noc(C2(C)CCCCN2)n1. The van der Waals surface area contributed by atoms with Gasteiger partial charge in [-0.05, 0) is 32.7 Å². The summed E-state index contributed by atoms with van der Waals surface area (Å²) < 4.78 is 5.56. The third-order valence-corrected chi connectivity index (χ3v) is 7.06. The van der Waals surface area contributed by atoms with Crippen molar-refractivity contribution >= 4 is 23.5 Å². The van der Waals surface area contributed by atoms with Gasteiger partial charge in [0.2, 0.25) is 5.89 Å². The minimum atomic E-state index is -0.126. The topological polar surface area (TPSA) is 51.0 Å². The van der Waals surface area contributed by atoms with Crippen molar-refractivity contribution in [1.82, 2.24) is 15.5 Å². The summed E-state index contributed by atoms with van der Waals surface area (Å²) in [5.41, 5.74) is -0.126. The fourth-order valence-corrected chi connectivity index (χ4v) is 5.41. The molecule has 3 unspecified atom stereocenters. The Balaban J connectivity index is 1.78. The molecule has 2 aliphatic heterocycles. The lowest BCUT2D eigenvalue weighted by Crippen LogP contribution is -2.43. The number of nitrogens with one attached hydrogen (secondary N) is 1. The van der Waals surface area contributed by atoms with Gasteiger partial charge in [-0.2, -0.15) is 16.7 Å². The summed E-state index contributed by atoms with van der Waals surface area (Å²) in [7, 11) is 0. The third kappa shape index (κ3) is 2.81. The van der Waals surface area contributed by atoms with Crippen LogP contribution in [0, 0.1) is 0 Å². The van der Waals surface area contributed by atoms with E-state index in [0.717, 1.165) is 24.7 Å². The summed E-state index contributed by atoms with van der Waals surface area (Å²) in [5.74, 6) is 4.06. The van der Waals surface area contributed by atoms with Crippen LogP contribution in [0.2, 0.25) is 0 Å². The Labute approximate surface area is 122 Å². The Bertz CT molecular complexity index is 431. The molecule has 1 N–H and O–H groups in total. The van der Waals surface area contributed by atoms with Gasteiger partial charge in [0.15, 0.2) is 5.82 Å². The van der Waals surface area contributed by atoms with Gasteiger partial charge >= 0.3 is 0 Å². The number of thioether (sulfide) groups is 2.